The van der Waals surface area contributed by atoms with Crippen LogP contribution < -0.4 is 0 Å². The number of pyridine rings is 1. The van der Waals surface area contributed by atoms with Crippen LogP contribution >= 0.6 is 11.3 Å². The summed E-state index contributed by atoms with van der Waals surface area (Å²) in [4.78, 5) is 9.40. The van der Waals surface area contributed by atoms with E-state index >= 15 is 0 Å². The van der Waals surface area contributed by atoms with E-state index in [2.05, 4.69) is 91.8 Å². The first kappa shape index (κ1) is 29.1. The molecule has 5 aromatic carbocycles. The van der Waals surface area contributed by atoms with Crippen LogP contribution in [-0.2, 0) is 20.1 Å². The maximum Gasteiger partial charge on any atom is 0.0774 e. The summed E-state index contributed by atoms with van der Waals surface area (Å²) in [5.74, 6) is 0.519. The van der Waals surface area contributed by atoms with Gasteiger partial charge < -0.3 is 9.55 Å². The van der Waals surface area contributed by atoms with Crippen molar-refractivity contribution in [1.29, 1.82) is 0 Å². The third-order valence-electron chi connectivity index (χ3n) is 9.21. The predicted octanol–water partition coefficient (Wildman–Crippen LogP) is 13.4. The molecule has 0 saturated carbocycles. The number of thiophene rings is 1. The quantitative estimate of drug-likeness (QED) is 0.156. The average Bonchev–Trinajstić information content (AvgIpc) is 3.75. The van der Waals surface area contributed by atoms with Crippen LogP contribution in [-0.4, -0.2) is 14.5 Å². The predicted molar refractivity (Wildman–Crippen MR) is 218 cm³/mol. The Bertz CT molecular complexity index is 2730. The zero-order valence-corrected chi connectivity index (χ0v) is 33.3. The molecule has 0 saturated heterocycles. The van der Waals surface area contributed by atoms with Gasteiger partial charge in [0.2, 0.25) is 0 Å². The van der Waals surface area contributed by atoms with E-state index in [0.29, 0.717) is 28.7 Å². The maximum atomic E-state index is 8.16. The average molecular weight is 883 g/mol. The molecule has 8 rings (SSSR count). The van der Waals surface area contributed by atoms with E-state index in [4.69, 9.17) is 14.6 Å². The Morgan fingerprint density at radius 3 is 2.21 bits per heavy atom. The molecule has 8 aromatic rings. The Morgan fingerprint density at radius 2 is 1.52 bits per heavy atom. The smallest absolute Gasteiger partial charge is 0.0774 e. The molecule has 1 radical (unpaired) electrons. The Morgan fingerprint density at radius 1 is 0.750 bits per heavy atom. The van der Waals surface area contributed by atoms with Gasteiger partial charge in [0, 0.05) is 46.3 Å². The second-order valence-corrected chi connectivity index (χ2v) is 14.7. The first-order chi connectivity index (χ1) is 27.3. The van der Waals surface area contributed by atoms with Gasteiger partial charge in [-0.1, -0.05) is 101 Å². The Hall–Kier alpha value is -4.41. The first-order valence-corrected chi connectivity index (χ1v) is 18.1. The number of imidazole rings is 1. The monoisotopic (exact) mass is 883 g/mol. The first-order valence-electron chi connectivity index (χ1n) is 20.8. The van der Waals surface area contributed by atoms with Crippen LogP contribution in [0.5, 0.6) is 0 Å². The van der Waals surface area contributed by atoms with E-state index in [1.54, 1.807) is 43.4 Å². The number of fused-ring (bicyclic) bond motifs is 4. The van der Waals surface area contributed by atoms with E-state index in [9.17, 15) is 0 Å². The van der Waals surface area contributed by atoms with Gasteiger partial charge in [-0.05, 0) is 93.2 Å². The van der Waals surface area contributed by atoms with Crippen molar-refractivity contribution >= 4 is 42.5 Å². The maximum absolute atomic E-state index is 8.16. The summed E-state index contributed by atoms with van der Waals surface area (Å²) >= 11 is 1.61. The number of benzene rings is 5. The summed E-state index contributed by atoms with van der Waals surface area (Å²) in [5, 5.41) is 2.15. The molecule has 0 aliphatic heterocycles. The van der Waals surface area contributed by atoms with Gasteiger partial charge in [-0.25, -0.2) is 0 Å². The van der Waals surface area contributed by atoms with E-state index in [1.807, 2.05) is 42.5 Å². The Balaban J connectivity index is 0.000000236. The van der Waals surface area contributed by atoms with Crippen molar-refractivity contribution in [2.24, 2.45) is 0 Å². The summed E-state index contributed by atoms with van der Waals surface area (Å²) in [6, 6.07) is 40.0. The summed E-state index contributed by atoms with van der Waals surface area (Å²) in [6.07, 6.45) is 1.36. The van der Waals surface area contributed by atoms with Crippen LogP contribution in [0.2, 0.25) is 0 Å². The molecule has 0 fully saturated rings. The Kier molecular flexibility index (Phi) is 8.77. The van der Waals surface area contributed by atoms with Gasteiger partial charge in [0.1, 0.15) is 0 Å². The molecule has 0 atom stereocenters. The van der Waals surface area contributed by atoms with Gasteiger partial charge in [-0.3, -0.25) is 4.98 Å². The van der Waals surface area contributed by atoms with E-state index < -0.39 is 19.6 Å². The summed E-state index contributed by atoms with van der Waals surface area (Å²) in [6.45, 7) is 7.91. The van der Waals surface area contributed by atoms with E-state index in [-0.39, 0.29) is 25.7 Å². The molecule has 0 aliphatic carbocycles. The van der Waals surface area contributed by atoms with Crippen LogP contribution in [0.1, 0.15) is 96.7 Å². The van der Waals surface area contributed by atoms with Crippen molar-refractivity contribution < 1.29 is 29.7 Å². The van der Waals surface area contributed by atoms with Crippen LogP contribution in [0.4, 0.5) is 0 Å². The zero-order chi connectivity index (χ0) is 41.7. The minimum atomic E-state index is -2.26. The molecule has 0 amide bonds. The molecule has 52 heavy (non-hydrogen) atoms. The number of hydrogen-bond acceptors (Lipinski definition) is 3. The fourth-order valence-electron chi connectivity index (χ4n) is 6.67. The summed E-state index contributed by atoms with van der Waals surface area (Å²) in [7, 11) is 0. The number of para-hydroxylation sites is 3. The van der Waals surface area contributed by atoms with Crippen molar-refractivity contribution in [1.82, 2.24) is 14.5 Å². The molecule has 0 spiro atoms. The van der Waals surface area contributed by atoms with E-state index in [0.717, 1.165) is 48.2 Å². The SMILES string of the molecule is [2H]C([2H])([2H])c1ccc2c(c1)sc1c(-c3nc4ccccc4n3-c3c(C(C)C)cccc3C(C)C)[c-]ccc12.[2H]C([2H])([2H])c1cnc(-c2[c-]cccc2)cc1C([2H])(C)C.[Ir]. The van der Waals surface area contributed by atoms with Crippen LogP contribution in [0.15, 0.2) is 109 Å². The molecule has 0 N–H and O–H groups in total. The molecule has 3 heterocycles. The third kappa shape index (κ3) is 7.15. The minimum Gasteiger partial charge on any atom is -0.333 e. The number of aromatic nitrogens is 3. The van der Waals surface area contributed by atoms with Gasteiger partial charge in [0.25, 0.3) is 0 Å². The number of hydrogen-bond donors (Lipinski definition) is 0. The Labute approximate surface area is 336 Å². The molecule has 0 bridgehead atoms. The van der Waals surface area contributed by atoms with Gasteiger partial charge in [0.15, 0.2) is 0 Å². The largest absolute Gasteiger partial charge is 0.333 e. The van der Waals surface area contributed by atoms with Crippen molar-refractivity contribution in [2.75, 3.05) is 0 Å². The van der Waals surface area contributed by atoms with Crippen LogP contribution in [0, 0.1) is 25.8 Å². The third-order valence-corrected chi connectivity index (χ3v) is 10.4. The molecule has 3 nitrogen and oxygen atoms in total. The summed E-state index contributed by atoms with van der Waals surface area (Å²) in [5.41, 5.74) is 9.09. The normalized spacial score (nSPS) is 14.1. The molecule has 5 heteroatoms. The number of rotatable bonds is 6. The van der Waals surface area contributed by atoms with Crippen LogP contribution in [0.25, 0.3) is 59.5 Å². The van der Waals surface area contributed by atoms with Gasteiger partial charge in [-0.15, -0.1) is 54.1 Å². The van der Waals surface area contributed by atoms with Gasteiger partial charge in [0.05, 0.1) is 16.9 Å². The van der Waals surface area contributed by atoms with Crippen LogP contribution in [0.3, 0.4) is 0 Å². The fraction of sp³-hybridized carbons (Fsp3) is 0.234. The second-order valence-electron chi connectivity index (χ2n) is 13.7. The minimum absolute atomic E-state index is 0. The number of nitrogens with zero attached hydrogens (tertiary/aromatic N) is 3. The van der Waals surface area contributed by atoms with Crippen molar-refractivity contribution in [2.45, 2.75) is 73.0 Å². The van der Waals surface area contributed by atoms with E-state index in [1.165, 1.54) is 23.0 Å². The number of aryl methyl sites for hydroxylation is 2. The van der Waals surface area contributed by atoms with Crippen molar-refractivity contribution in [3.63, 3.8) is 0 Å². The van der Waals surface area contributed by atoms with Gasteiger partial charge >= 0.3 is 0 Å². The molecule has 0 aliphatic rings. The van der Waals surface area contributed by atoms with Crippen molar-refractivity contribution in [3.05, 3.63) is 149 Å². The summed E-state index contributed by atoms with van der Waals surface area (Å²) < 4.78 is 58.8. The molecule has 0 unspecified atom stereocenters. The zero-order valence-electron chi connectivity index (χ0n) is 37.1. The molecular formula is C47H45IrN3S-2. The van der Waals surface area contributed by atoms with Crippen molar-refractivity contribution in [3.8, 4) is 28.3 Å². The molecular weight excluding hydrogens is 831 g/mol. The molecule has 3 aromatic heterocycles. The van der Waals surface area contributed by atoms with Gasteiger partial charge in [-0.2, -0.15) is 11.3 Å². The second kappa shape index (κ2) is 15.7. The topological polar surface area (TPSA) is 30.7 Å². The molecule has 265 valence electrons. The standard InChI is InChI=1S/C32H29N2S.C15H16N.Ir/c1-19(2)22-10-8-11-23(20(3)4)30(22)34-28-15-7-6-14-27(28)33-32(34)26-13-9-12-25-24-17-16-21(5)18-29(24)35-31(25)26;1-11(2)14-9-15(16-10-12(14)3)13-7-5-4-6-8-13;/h6-12,14-20H,1-5H3;4-7,9-11H,1-3H3;/q2*-1;/i5D3;3D3,11D;. The fourth-order valence-corrected chi connectivity index (χ4v) is 7.90.